The number of hydrogen-bond donors (Lipinski definition) is 3. The number of aliphatic hydroxyl groups excluding tert-OH is 1. The Morgan fingerprint density at radius 1 is 1.64 bits per heavy atom. The van der Waals surface area contributed by atoms with Crippen molar-refractivity contribution >= 4 is 5.97 Å². The van der Waals surface area contributed by atoms with Gasteiger partial charge in [0.15, 0.2) is 5.60 Å². The van der Waals surface area contributed by atoms with Crippen LogP contribution in [0.2, 0.25) is 0 Å². The van der Waals surface area contributed by atoms with E-state index in [1.807, 2.05) is 4.90 Å². The van der Waals surface area contributed by atoms with E-state index in [1.54, 1.807) is 0 Å². The summed E-state index contributed by atoms with van der Waals surface area (Å²) < 4.78 is 0. The van der Waals surface area contributed by atoms with Crippen molar-refractivity contribution in [1.29, 1.82) is 0 Å². The van der Waals surface area contributed by atoms with E-state index in [1.165, 1.54) is 6.92 Å². The van der Waals surface area contributed by atoms with E-state index in [0.717, 1.165) is 19.4 Å². The first-order valence-electron chi connectivity index (χ1n) is 4.78. The molecular formula is C9H17NO4. The minimum atomic E-state index is -1.72. The second kappa shape index (κ2) is 4.25. The fourth-order valence-electron chi connectivity index (χ4n) is 1.77. The maximum atomic E-state index is 10.7. The van der Waals surface area contributed by atoms with Crippen molar-refractivity contribution in [3.63, 3.8) is 0 Å². The van der Waals surface area contributed by atoms with E-state index in [4.69, 9.17) is 10.2 Å². The first kappa shape index (κ1) is 11.4. The van der Waals surface area contributed by atoms with Crippen molar-refractivity contribution in [2.45, 2.75) is 31.4 Å². The summed E-state index contributed by atoms with van der Waals surface area (Å²) in [5.41, 5.74) is -1.72. The van der Waals surface area contributed by atoms with Crippen molar-refractivity contribution in [2.75, 3.05) is 19.7 Å². The molecule has 1 saturated heterocycles. The minimum absolute atomic E-state index is 0.000764. The molecule has 0 saturated carbocycles. The van der Waals surface area contributed by atoms with Gasteiger partial charge >= 0.3 is 5.97 Å². The van der Waals surface area contributed by atoms with Gasteiger partial charge < -0.3 is 15.3 Å². The molecule has 0 bridgehead atoms. The third-order valence-corrected chi connectivity index (χ3v) is 2.68. The van der Waals surface area contributed by atoms with Crippen LogP contribution in [0, 0.1) is 0 Å². The van der Waals surface area contributed by atoms with Crippen LogP contribution >= 0.6 is 0 Å². The molecule has 1 aliphatic heterocycles. The van der Waals surface area contributed by atoms with Crippen LogP contribution < -0.4 is 0 Å². The Morgan fingerprint density at radius 2 is 2.29 bits per heavy atom. The Hall–Kier alpha value is -0.650. The molecule has 0 spiro atoms. The molecule has 3 N–H and O–H groups in total. The topological polar surface area (TPSA) is 81.0 Å². The highest BCUT2D eigenvalue weighted by atomic mass is 16.4. The lowest BCUT2D eigenvalue weighted by Gasteiger charge is -2.29. The summed E-state index contributed by atoms with van der Waals surface area (Å²) >= 11 is 0. The summed E-state index contributed by atoms with van der Waals surface area (Å²) in [6.45, 7) is 2.13. The number of likely N-dealkylation sites (tertiary alicyclic amines) is 1. The summed E-state index contributed by atoms with van der Waals surface area (Å²) in [7, 11) is 0. The van der Waals surface area contributed by atoms with E-state index in [-0.39, 0.29) is 19.2 Å². The van der Waals surface area contributed by atoms with E-state index in [0.29, 0.717) is 0 Å². The van der Waals surface area contributed by atoms with Crippen LogP contribution in [-0.4, -0.2) is 57.5 Å². The maximum absolute atomic E-state index is 10.7. The molecule has 2 unspecified atom stereocenters. The number of carbonyl (C=O) groups is 1. The Bertz CT molecular complexity index is 217. The second-order valence-corrected chi connectivity index (χ2v) is 4.03. The van der Waals surface area contributed by atoms with Gasteiger partial charge in [-0.3, -0.25) is 4.90 Å². The van der Waals surface area contributed by atoms with Crippen molar-refractivity contribution in [2.24, 2.45) is 0 Å². The number of rotatable bonds is 4. The SMILES string of the molecule is CC(O)(CN1CCCC1CO)C(=O)O. The van der Waals surface area contributed by atoms with E-state index in [9.17, 15) is 9.90 Å². The zero-order valence-corrected chi connectivity index (χ0v) is 8.31. The highest BCUT2D eigenvalue weighted by molar-refractivity contribution is 5.76. The van der Waals surface area contributed by atoms with Crippen molar-refractivity contribution in [1.82, 2.24) is 4.90 Å². The maximum Gasteiger partial charge on any atom is 0.336 e. The Kier molecular flexibility index (Phi) is 3.47. The molecule has 5 heteroatoms. The lowest BCUT2D eigenvalue weighted by molar-refractivity contribution is -0.158. The number of hydrogen-bond acceptors (Lipinski definition) is 4. The average Bonchev–Trinajstić information content (AvgIpc) is 2.50. The summed E-state index contributed by atoms with van der Waals surface area (Å²) in [4.78, 5) is 12.5. The molecule has 0 aromatic carbocycles. The fraction of sp³-hybridized carbons (Fsp3) is 0.889. The Balaban J connectivity index is 2.54. The lowest BCUT2D eigenvalue weighted by atomic mass is 10.1. The van der Waals surface area contributed by atoms with Gasteiger partial charge in [-0.15, -0.1) is 0 Å². The standard InChI is InChI=1S/C9H17NO4/c1-9(14,8(12)13)6-10-4-2-3-7(10)5-11/h7,11,14H,2-6H2,1H3,(H,12,13). The highest BCUT2D eigenvalue weighted by Gasteiger charge is 2.36. The normalized spacial score (nSPS) is 27.5. The summed E-state index contributed by atoms with van der Waals surface area (Å²) in [6, 6.07) is 0.000764. The predicted octanol–water partition coefficient (Wildman–Crippen LogP) is -0.721. The van der Waals surface area contributed by atoms with E-state index < -0.39 is 11.6 Å². The summed E-state index contributed by atoms with van der Waals surface area (Å²) in [5.74, 6) is -1.22. The molecular weight excluding hydrogens is 186 g/mol. The average molecular weight is 203 g/mol. The van der Waals surface area contributed by atoms with Gasteiger partial charge in [0.1, 0.15) is 0 Å². The molecule has 0 aromatic rings. The van der Waals surface area contributed by atoms with Crippen molar-refractivity contribution in [3.8, 4) is 0 Å². The van der Waals surface area contributed by atoms with Gasteiger partial charge in [0, 0.05) is 12.6 Å². The van der Waals surface area contributed by atoms with Gasteiger partial charge in [-0.1, -0.05) is 0 Å². The molecule has 1 rings (SSSR count). The van der Waals surface area contributed by atoms with Gasteiger partial charge in [-0.05, 0) is 26.3 Å². The molecule has 1 fully saturated rings. The van der Waals surface area contributed by atoms with Gasteiger partial charge in [-0.2, -0.15) is 0 Å². The Labute approximate surface area is 83.0 Å². The Morgan fingerprint density at radius 3 is 2.79 bits per heavy atom. The lowest BCUT2D eigenvalue weighted by Crippen LogP contribution is -2.48. The van der Waals surface area contributed by atoms with Crippen LogP contribution in [0.25, 0.3) is 0 Å². The monoisotopic (exact) mass is 203 g/mol. The van der Waals surface area contributed by atoms with Crippen molar-refractivity contribution < 1.29 is 20.1 Å². The zero-order valence-electron chi connectivity index (χ0n) is 8.31. The fourth-order valence-corrected chi connectivity index (χ4v) is 1.77. The number of aliphatic hydroxyl groups is 2. The quantitative estimate of drug-likeness (QED) is 0.561. The van der Waals surface area contributed by atoms with Crippen LogP contribution in [0.15, 0.2) is 0 Å². The smallest absolute Gasteiger partial charge is 0.336 e. The largest absolute Gasteiger partial charge is 0.479 e. The molecule has 2 atom stereocenters. The molecule has 14 heavy (non-hydrogen) atoms. The van der Waals surface area contributed by atoms with E-state index in [2.05, 4.69) is 0 Å². The molecule has 0 radical (unpaired) electrons. The first-order valence-corrected chi connectivity index (χ1v) is 4.78. The second-order valence-electron chi connectivity index (χ2n) is 4.03. The number of nitrogens with zero attached hydrogens (tertiary/aromatic N) is 1. The summed E-state index contributed by atoms with van der Waals surface area (Å²) in [6.07, 6.45) is 1.81. The van der Waals surface area contributed by atoms with E-state index >= 15 is 0 Å². The third-order valence-electron chi connectivity index (χ3n) is 2.68. The number of carboxylic acid groups (broad SMARTS) is 1. The number of β-amino-alcohol motifs (C(OH)–C–C–N with tert-alkyl or cyclic N) is 1. The van der Waals surface area contributed by atoms with Crippen LogP contribution in [0.5, 0.6) is 0 Å². The van der Waals surface area contributed by atoms with Gasteiger partial charge in [0.25, 0.3) is 0 Å². The number of carboxylic acids is 1. The highest BCUT2D eigenvalue weighted by Crippen LogP contribution is 2.19. The minimum Gasteiger partial charge on any atom is -0.479 e. The molecule has 1 aliphatic rings. The van der Waals surface area contributed by atoms with Crippen LogP contribution in [-0.2, 0) is 4.79 Å². The third kappa shape index (κ3) is 2.43. The molecule has 5 nitrogen and oxygen atoms in total. The molecule has 0 aromatic heterocycles. The zero-order chi connectivity index (χ0) is 10.8. The first-order chi connectivity index (χ1) is 6.47. The van der Waals surface area contributed by atoms with Gasteiger partial charge in [-0.25, -0.2) is 4.79 Å². The summed E-state index contributed by atoms with van der Waals surface area (Å²) in [5, 5.41) is 27.3. The van der Waals surface area contributed by atoms with Crippen LogP contribution in [0.3, 0.4) is 0 Å². The predicted molar refractivity (Wildman–Crippen MR) is 49.9 cm³/mol. The number of aliphatic carboxylic acids is 1. The van der Waals surface area contributed by atoms with Crippen LogP contribution in [0.4, 0.5) is 0 Å². The molecule has 0 aliphatic carbocycles. The van der Waals surface area contributed by atoms with Crippen LogP contribution in [0.1, 0.15) is 19.8 Å². The van der Waals surface area contributed by atoms with Gasteiger partial charge in [0.05, 0.1) is 6.61 Å². The molecule has 82 valence electrons. The van der Waals surface area contributed by atoms with Gasteiger partial charge in [0.2, 0.25) is 0 Å². The van der Waals surface area contributed by atoms with Crippen molar-refractivity contribution in [3.05, 3.63) is 0 Å². The molecule has 1 heterocycles. The molecule has 0 amide bonds.